The fourth-order valence-electron chi connectivity index (χ4n) is 2.06. The van der Waals surface area contributed by atoms with Crippen LogP contribution >= 0.6 is 0 Å². The van der Waals surface area contributed by atoms with Crippen molar-refractivity contribution in [1.82, 2.24) is 0 Å². The molecule has 0 atom stereocenters. The molecule has 0 unspecified atom stereocenters. The Balaban J connectivity index is 2.28. The quantitative estimate of drug-likeness (QED) is 0.828. The third kappa shape index (κ3) is 3.50. The van der Waals surface area contributed by atoms with Crippen molar-refractivity contribution < 1.29 is 19.4 Å². The highest BCUT2D eigenvalue weighted by molar-refractivity contribution is 5.90. The van der Waals surface area contributed by atoms with E-state index in [2.05, 4.69) is 6.92 Å². The van der Waals surface area contributed by atoms with Gasteiger partial charge in [-0.15, -0.1) is 0 Å². The highest BCUT2D eigenvalue weighted by atomic mass is 16.6. The van der Waals surface area contributed by atoms with Gasteiger partial charge in [0.15, 0.2) is 11.5 Å². The normalized spacial score (nSPS) is 14.3. The minimum atomic E-state index is -0.916. The minimum absolute atomic E-state index is 0.531. The molecule has 102 valence electrons. The minimum Gasteiger partial charge on any atom is -0.486 e. The van der Waals surface area contributed by atoms with E-state index in [1.807, 2.05) is 18.2 Å². The SMILES string of the molecule is CCCC/C(=C\C(=O)O)c1ccc2c(c1)OCCO2. The van der Waals surface area contributed by atoms with Crippen molar-refractivity contribution in [2.45, 2.75) is 26.2 Å². The molecule has 1 aliphatic heterocycles. The largest absolute Gasteiger partial charge is 0.486 e. The molecule has 0 fully saturated rings. The van der Waals surface area contributed by atoms with Gasteiger partial charge < -0.3 is 14.6 Å². The van der Waals surface area contributed by atoms with Gasteiger partial charge in [0.2, 0.25) is 0 Å². The Kier molecular flexibility index (Phi) is 4.44. The molecule has 0 amide bonds. The lowest BCUT2D eigenvalue weighted by Crippen LogP contribution is -2.15. The Morgan fingerprint density at radius 2 is 2.05 bits per heavy atom. The zero-order valence-corrected chi connectivity index (χ0v) is 11.0. The first-order valence-electron chi connectivity index (χ1n) is 6.54. The predicted molar refractivity (Wildman–Crippen MR) is 72.6 cm³/mol. The third-order valence-electron chi connectivity index (χ3n) is 3.01. The predicted octanol–water partition coefficient (Wildman–Crippen LogP) is 3.12. The van der Waals surface area contributed by atoms with E-state index >= 15 is 0 Å². The van der Waals surface area contributed by atoms with Gasteiger partial charge in [-0.05, 0) is 36.1 Å². The smallest absolute Gasteiger partial charge is 0.328 e. The summed E-state index contributed by atoms with van der Waals surface area (Å²) in [7, 11) is 0. The molecule has 4 heteroatoms. The fraction of sp³-hybridized carbons (Fsp3) is 0.400. The van der Waals surface area contributed by atoms with E-state index in [4.69, 9.17) is 14.6 Å². The summed E-state index contributed by atoms with van der Waals surface area (Å²) < 4.78 is 11.0. The Labute approximate surface area is 112 Å². The van der Waals surface area contributed by atoms with Crippen molar-refractivity contribution in [3.05, 3.63) is 29.8 Å². The first-order valence-corrected chi connectivity index (χ1v) is 6.54. The average molecular weight is 262 g/mol. The van der Waals surface area contributed by atoms with Crippen molar-refractivity contribution in [3.8, 4) is 11.5 Å². The first kappa shape index (κ1) is 13.5. The van der Waals surface area contributed by atoms with E-state index in [-0.39, 0.29) is 0 Å². The van der Waals surface area contributed by atoms with Gasteiger partial charge >= 0.3 is 5.97 Å². The van der Waals surface area contributed by atoms with Crippen LogP contribution in [-0.4, -0.2) is 24.3 Å². The monoisotopic (exact) mass is 262 g/mol. The number of ether oxygens (including phenoxy) is 2. The van der Waals surface area contributed by atoms with Crippen molar-refractivity contribution in [3.63, 3.8) is 0 Å². The fourth-order valence-corrected chi connectivity index (χ4v) is 2.06. The summed E-state index contributed by atoms with van der Waals surface area (Å²) in [6, 6.07) is 5.59. The number of hydrogen-bond donors (Lipinski definition) is 1. The number of benzene rings is 1. The van der Waals surface area contributed by atoms with Crippen LogP contribution in [0.4, 0.5) is 0 Å². The molecule has 1 aliphatic rings. The van der Waals surface area contributed by atoms with Crippen LogP contribution in [-0.2, 0) is 4.79 Å². The van der Waals surface area contributed by atoms with Crippen LogP contribution in [0.2, 0.25) is 0 Å². The summed E-state index contributed by atoms with van der Waals surface area (Å²) in [5.74, 6) is 0.498. The molecule has 4 nitrogen and oxygen atoms in total. The van der Waals surface area contributed by atoms with Gasteiger partial charge in [-0.2, -0.15) is 0 Å². The van der Waals surface area contributed by atoms with Crippen molar-refractivity contribution in [1.29, 1.82) is 0 Å². The molecule has 1 heterocycles. The molecule has 0 bridgehead atoms. The van der Waals surface area contributed by atoms with Crippen molar-refractivity contribution in [2.75, 3.05) is 13.2 Å². The van der Waals surface area contributed by atoms with Crippen LogP contribution < -0.4 is 9.47 Å². The number of rotatable bonds is 5. The maximum absolute atomic E-state index is 10.9. The number of carboxylic acid groups (broad SMARTS) is 1. The summed E-state index contributed by atoms with van der Waals surface area (Å²) in [5, 5.41) is 8.95. The first-order chi connectivity index (χ1) is 9.20. The Bertz CT molecular complexity index is 491. The van der Waals surface area contributed by atoms with Crippen LogP contribution in [0.3, 0.4) is 0 Å². The lowest BCUT2D eigenvalue weighted by molar-refractivity contribution is -0.131. The molecule has 1 N–H and O–H groups in total. The summed E-state index contributed by atoms with van der Waals surface area (Å²) in [6.45, 7) is 3.17. The second-order valence-corrected chi connectivity index (χ2v) is 4.47. The number of unbranched alkanes of at least 4 members (excludes halogenated alkanes) is 1. The van der Waals surface area contributed by atoms with Crippen LogP contribution in [0.25, 0.3) is 5.57 Å². The molecular weight excluding hydrogens is 244 g/mol. The molecule has 0 aliphatic carbocycles. The van der Waals surface area contributed by atoms with Crippen LogP contribution in [0.1, 0.15) is 31.7 Å². The van der Waals surface area contributed by atoms with Crippen molar-refractivity contribution >= 4 is 11.5 Å². The molecular formula is C15H18O4. The number of hydrogen-bond acceptors (Lipinski definition) is 3. The summed E-state index contributed by atoms with van der Waals surface area (Å²) >= 11 is 0. The van der Waals surface area contributed by atoms with Crippen LogP contribution in [0.15, 0.2) is 24.3 Å². The maximum Gasteiger partial charge on any atom is 0.328 e. The van der Waals surface area contributed by atoms with Gasteiger partial charge in [-0.3, -0.25) is 0 Å². The third-order valence-corrected chi connectivity index (χ3v) is 3.01. The molecule has 0 spiro atoms. The average Bonchev–Trinajstić information content (AvgIpc) is 2.42. The second kappa shape index (κ2) is 6.27. The topological polar surface area (TPSA) is 55.8 Å². The lowest BCUT2D eigenvalue weighted by atomic mass is 9.99. The molecule has 1 aromatic rings. The van der Waals surface area contributed by atoms with Gasteiger partial charge in [0.25, 0.3) is 0 Å². The number of carbonyl (C=O) groups is 1. The number of fused-ring (bicyclic) bond motifs is 1. The Hall–Kier alpha value is -1.97. The van der Waals surface area contributed by atoms with E-state index in [0.717, 1.165) is 36.1 Å². The van der Waals surface area contributed by atoms with Crippen LogP contribution in [0, 0.1) is 0 Å². The van der Waals surface area contributed by atoms with E-state index in [1.54, 1.807) is 0 Å². The van der Waals surface area contributed by atoms with E-state index in [9.17, 15) is 4.79 Å². The lowest BCUT2D eigenvalue weighted by Gasteiger charge is -2.19. The van der Waals surface area contributed by atoms with E-state index in [1.165, 1.54) is 6.08 Å². The van der Waals surface area contributed by atoms with Gasteiger partial charge in [0.1, 0.15) is 13.2 Å². The molecule has 19 heavy (non-hydrogen) atoms. The molecule has 0 radical (unpaired) electrons. The zero-order valence-electron chi connectivity index (χ0n) is 11.0. The van der Waals surface area contributed by atoms with Gasteiger partial charge in [-0.1, -0.05) is 19.4 Å². The number of allylic oxidation sites excluding steroid dienone is 1. The summed E-state index contributed by atoms with van der Waals surface area (Å²) in [4.78, 5) is 10.9. The highest BCUT2D eigenvalue weighted by Gasteiger charge is 2.13. The standard InChI is InChI=1S/C15H18O4/c1-2-3-4-11(10-15(16)17)12-5-6-13-14(9-12)19-8-7-18-13/h5-6,9-10H,2-4,7-8H2,1H3,(H,16,17)/b11-10+. The van der Waals surface area contributed by atoms with Gasteiger partial charge in [0.05, 0.1) is 0 Å². The van der Waals surface area contributed by atoms with E-state index < -0.39 is 5.97 Å². The summed E-state index contributed by atoms with van der Waals surface area (Å²) in [6.07, 6.45) is 4.03. The molecule has 0 saturated carbocycles. The molecule has 2 rings (SSSR count). The maximum atomic E-state index is 10.9. The number of aliphatic carboxylic acids is 1. The molecule has 0 saturated heterocycles. The van der Waals surface area contributed by atoms with Crippen LogP contribution in [0.5, 0.6) is 11.5 Å². The zero-order chi connectivity index (χ0) is 13.7. The number of carboxylic acids is 1. The van der Waals surface area contributed by atoms with Crippen molar-refractivity contribution in [2.24, 2.45) is 0 Å². The Morgan fingerprint density at radius 3 is 2.74 bits per heavy atom. The summed E-state index contributed by atoms with van der Waals surface area (Å²) in [5.41, 5.74) is 1.71. The Morgan fingerprint density at radius 1 is 1.32 bits per heavy atom. The van der Waals surface area contributed by atoms with E-state index in [0.29, 0.717) is 19.0 Å². The molecule has 0 aromatic heterocycles. The second-order valence-electron chi connectivity index (χ2n) is 4.47. The highest BCUT2D eigenvalue weighted by Crippen LogP contribution is 2.34. The van der Waals surface area contributed by atoms with Gasteiger partial charge in [0, 0.05) is 6.08 Å². The molecule has 1 aromatic carbocycles. The van der Waals surface area contributed by atoms with Gasteiger partial charge in [-0.25, -0.2) is 4.79 Å².